The van der Waals surface area contributed by atoms with Gasteiger partial charge in [-0.2, -0.15) is 0 Å². The van der Waals surface area contributed by atoms with Crippen molar-refractivity contribution in [1.82, 2.24) is 4.98 Å². The van der Waals surface area contributed by atoms with Crippen molar-refractivity contribution in [3.8, 4) is 0 Å². The number of hydrogen-bond donors (Lipinski definition) is 0. The molecule has 0 saturated carbocycles. The summed E-state index contributed by atoms with van der Waals surface area (Å²) in [4.78, 5) is 4.05. The Kier molecular flexibility index (Phi) is 1.86. The molecule has 1 aromatic rings. The van der Waals surface area contributed by atoms with Gasteiger partial charge in [0.05, 0.1) is 6.10 Å². The SMILES string of the molecule is c1cncc(C2CCCO2)c1. The fraction of sp³-hybridized carbons (Fsp3) is 0.444. The molecule has 0 radical (unpaired) electrons. The molecule has 1 atom stereocenters. The summed E-state index contributed by atoms with van der Waals surface area (Å²) in [5.41, 5.74) is 1.21. The molecule has 1 unspecified atom stereocenters. The molecular weight excluding hydrogens is 138 g/mol. The van der Waals surface area contributed by atoms with Crippen LogP contribution in [0, 0.1) is 0 Å². The van der Waals surface area contributed by atoms with Crippen LogP contribution in [0.25, 0.3) is 0 Å². The molecule has 1 fully saturated rings. The molecule has 2 rings (SSSR count). The largest absolute Gasteiger partial charge is 0.373 e. The minimum absolute atomic E-state index is 0.309. The van der Waals surface area contributed by atoms with Crippen LogP contribution in [0.5, 0.6) is 0 Å². The molecule has 2 heteroatoms. The van der Waals surface area contributed by atoms with Crippen LogP contribution in [-0.4, -0.2) is 11.6 Å². The first-order chi connectivity index (χ1) is 5.47. The highest BCUT2D eigenvalue weighted by Crippen LogP contribution is 2.27. The first kappa shape index (κ1) is 6.80. The van der Waals surface area contributed by atoms with Crippen LogP contribution in [0.15, 0.2) is 24.5 Å². The summed E-state index contributed by atoms with van der Waals surface area (Å²) in [7, 11) is 0. The van der Waals surface area contributed by atoms with Crippen molar-refractivity contribution in [3.63, 3.8) is 0 Å². The van der Waals surface area contributed by atoms with Gasteiger partial charge in [-0.1, -0.05) is 6.07 Å². The van der Waals surface area contributed by atoms with Gasteiger partial charge in [-0.05, 0) is 24.5 Å². The van der Waals surface area contributed by atoms with Gasteiger partial charge in [-0.15, -0.1) is 0 Å². The fourth-order valence-electron chi connectivity index (χ4n) is 1.41. The highest BCUT2D eigenvalue weighted by molar-refractivity contribution is 5.12. The minimum Gasteiger partial charge on any atom is -0.373 e. The fourth-order valence-corrected chi connectivity index (χ4v) is 1.41. The Morgan fingerprint density at radius 3 is 3.18 bits per heavy atom. The van der Waals surface area contributed by atoms with Gasteiger partial charge in [0.2, 0.25) is 0 Å². The summed E-state index contributed by atoms with van der Waals surface area (Å²) < 4.78 is 5.50. The van der Waals surface area contributed by atoms with E-state index in [0.717, 1.165) is 13.0 Å². The predicted octanol–water partition coefficient (Wildman–Crippen LogP) is 1.93. The number of ether oxygens (including phenoxy) is 1. The molecule has 2 nitrogen and oxygen atoms in total. The quantitative estimate of drug-likeness (QED) is 0.608. The summed E-state index contributed by atoms with van der Waals surface area (Å²) in [6, 6.07) is 4.03. The molecule has 11 heavy (non-hydrogen) atoms. The van der Waals surface area contributed by atoms with Crippen molar-refractivity contribution in [3.05, 3.63) is 30.1 Å². The van der Waals surface area contributed by atoms with Crippen LogP contribution < -0.4 is 0 Å². The second-order valence-electron chi connectivity index (χ2n) is 2.79. The van der Waals surface area contributed by atoms with Crippen molar-refractivity contribution in [2.45, 2.75) is 18.9 Å². The molecule has 0 bridgehead atoms. The molecule has 1 saturated heterocycles. The molecule has 0 aliphatic carbocycles. The third-order valence-corrected chi connectivity index (χ3v) is 1.99. The highest BCUT2D eigenvalue weighted by atomic mass is 16.5. The number of aromatic nitrogens is 1. The Bertz CT molecular complexity index is 216. The third-order valence-electron chi connectivity index (χ3n) is 1.99. The van der Waals surface area contributed by atoms with Crippen molar-refractivity contribution in [2.24, 2.45) is 0 Å². The van der Waals surface area contributed by atoms with E-state index in [1.165, 1.54) is 12.0 Å². The van der Waals surface area contributed by atoms with Gasteiger partial charge in [-0.25, -0.2) is 0 Å². The van der Waals surface area contributed by atoms with E-state index in [2.05, 4.69) is 11.1 Å². The molecular formula is C9H11NO. The lowest BCUT2D eigenvalue weighted by atomic mass is 10.1. The van der Waals surface area contributed by atoms with Crippen LogP contribution >= 0.6 is 0 Å². The van der Waals surface area contributed by atoms with Crippen LogP contribution in [-0.2, 0) is 4.74 Å². The van der Waals surface area contributed by atoms with Crippen molar-refractivity contribution in [1.29, 1.82) is 0 Å². The zero-order valence-electron chi connectivity index (χ0n) is 6.36. The van der Waals surface area contributed by atoms with E-state index < -0.39 is 0 Å². The summed E-state index contributed by atoms with van der Waals surface area (Å²) in [5.74, 6) is 0. The van der Waals surface area contributed by atoms with Crippen LogP contribution in [0.2, 0.25) is 0 Å². The summed E-state index contributed by atoms with van der Waals surface area (Å²) in [5, 5.41) is 0. The Morgan fingerprint density at radius 1 is 1.55 bits per heavy atom. The molecule has 0 aromatic carbocycles. The molecule has 0 spiro atoms. The molecule has 1 aromatic heterocycles. The minimum atomic E-state index is 0.309. The van der Waals surface area contributed by atoms with E-state index >= 15 is 0 Å². The number of rotatable bonds is 1. The zero-order valence-corrected chi connectivity index (χ0v) is 6.36. The molecule has 1 aliphatic heterocycles. The number of hydrogen-bond acceptors (Lipinski definition) is 2. The van der Waals surface area contributed by atoms with Crippen molar-refractivity contribution < 1.29 is 4.74 Å². The molecule has 0 N–H and O–H groups in total. The second-order valence-corrected chi connectivity index (χ2v) is 2.79. The Labute approximate surface area is 66.2 Å². The van der Waals surface area contributed by atoms with Gasteiger partial charge >= 0.3 is 0 Å². The van der Waals surface area contributed by atoms with Gasteiger partial charge in [-0.3, -0.25) is 4.98 Å². The van der Waals surface area contributed by atoms with E-state index in [0.29, 0.717) is 6.10 Å². The lowest BCUT2D eigenvalue weighted by Crippen LogP contribution is -1.95. The third kappa shape index (κ3) is 1.40. The lowest BCUT2D eigenvalue weighted by molar-refractivity contribution is 0.111. The van der Waals surface area contributed by atoms with Crippen LogP contribution in [0.4, 0.5) is 0 Å². The average molecular weight is 149 g/mol. The summed E-state index contributed by atoms with van der Waals surface area (Å²) in [6.45, 7) is 0.902. The van der Waals surface area contributed by atoms with Gasteiger partial charge in [0.25, 0.3) is 0 Å². The van der Waals surface area contributed by atoms with E-state index in [1.807, 2.05) is 12.3 Å². The number of pyridine rings is 1. The Hall–Kier alpha value is -0.890. The normalized spacial score (nSPS) is 23.8. The van der Waals surface area contributed by atoms with E-state index in [4.69, 9.17) is 4.74 Å². The topological polar surface area (TPSA) is 22.1 Å². The van der Waals surface area contributed by atoms with E-state index in [1.54, 1.807) is 6.20 Å². The number of nitrogens with zero attached hydrogens (tertiary/aromatic N) is 1. The Morgan fingerprint density at radius 2 is 2.55 bits per heavy atom. The van der Waals surface area contributed by atoms with Crippen molar-refractivity contribution >= 4 is 0 Å². The van der Waals surface area contributed by atoms with Crippen LogP contribution in [0.3, 0.4) is 0 Å². The molecule has 58 valence electrons. The maximum atomic E-state index is 5.50. The second kappa shape index (κ2) is 3.01. The average Bonchev–Trinajstić information content (AvgIpc) is 2.58. The molecule has 2 heterocycles. The first-order valence-corrected chi connectivity index (χ1v) is 3.98. The van der Waals surface area contributed by atoms with Gasteiger partial charge in [0.1, 0.15) is 0 Å². The standard InChI is InChI=1S/C9H11NO/c1-3-8(7-10-5-1)9-4-2-6-11-9/h1,3,5,7,9H,2,4,6H2. The smallest absolute Gasteiger partial charge is 0.0840 e. The zero-order chi connectivity index (χ0) is 7.52. The maximum absolute atomic E-state index is 5.50. The molecule has 0 amide bonds. The summed E-state index contributed by atoms with van der Waals surface area (Å²) >= 11 is 0. The first-order valence-electron chi connectivity index (χ1n) is 3.98. The van der Waals surface area contributed by atoms with Gasteiger partial charge in [0, 0.05) is 19.0 Å². The predicted molar refractivity (Wildman–Crippen MR) is 42.2 cm³/mol. The maximum Gasteiger partial charge on any atom is 0.0840 e. The summed E-state index contributed by atoms with van der Waals surface area (Å²) in [6.07, 6.45) is 6.31. The molecule has 1 aliphatic rings. The van der Waals surface area contributed by atoms with Crippen LogP contribution in [0.1, 0.15) is 24.5 Å². The Balaban J connectivity index is 2.16. The van der Waals surface area contributed by atoms with E-state index in [-0.39, 0.29) is 0 Å². The van der Waals surface area contributed by atoms with Gasteiger partial charge in [0.15, 0.2) is 0 Å². The van der Waals surface area contributed by atoms with Gasteiger partial charge < -0.3 is 4.74 Å². The van der Waals surface area contributed by atoms with Crippen molar-refractivity contribution in [2.75, 3.05) is 6.61 Å². The lowest BCUT2D eigenvalue weighted by Gasteiger charge is -2.07. The monoisotopic (exact) mass is 149 g/mol. The highest BCUT2D eigenvalue weighted by Gasteiger charge is 2.16. The van der Waals surface area contributed by atoms with E-state index in [9.17, 15) is 0 Å².